The summed E-state index contributed by atoms with van der Waals surface area (Å²) in [6.07, 6.45) is 0. The Morgan fingerprint density at radius 2 is 1.84 bits per heavy atom. The van der Waals surface area contributed by atoms with Crippen LogP contribution in [0.4, 0.5) is 11.4 Å². The molecule has 32 heavy (non-hydrogen) atoms. The molecule has 8 heteroatoms. The zero-order chi connectivity index (χ0) is 22.5. The number of benzene rings is 3. The van der Waals surface area contributed by atoms with Gasteiger partial charge in [-0.15, -0.1) is 11.8 Å². The van der Waals surface area contributed by atoms with Gasteiger partial charge in [0, 0.05) is 16.4 Å². The van der Waals surface area contributed by atoms with Crippen molar-refractivity contribution in [2.24, 2.45) is 0 Å². The lowest BCUT2D eigenvalue weighted by molar-refractivity contribution is -0.118. The molecule has 1 atom stereocenters. The third-order valence-corrected chi connectivity index (χ3v) is 6.33. The van der Waals surface area contributed by atoms with E-state index < -0.39 is 0 Å². The second-order valence-electron chi connectivity index (χ2n) is 7.02. The van der Waals surface area contributed by atoms with Crippen LogP contribution in [0.25, 0.3) is 0 Å². The van der Waals surface area contributed by atoms with Crippen molar-refractivity contribution < 1.29 is 19.1 Å². The molecule has 1 saturated heterocycles. The van der Waals surface area contributed by atoms with Crippen molar-refractivity contribution in [3.05, 3.63) is 83.4 Å². The van der Waals surface area contributed by atoms with E-state index in [1.807, 2.05) is 42.5 Å². The molecule has 1 fully saturated rings. The Labute approximate surface area is 195 Å². The van der Waals surface area contributed by atoms with Gasteiger partial charge < -0.3 is 14.8 Å². The fraction of sp³-hybridized carbons (Fsp3) is 0.167. The summed E-state index contributed by atoms with van der Waals surface area (Å²) in [5, 5.41) is 3.19. The van der Waals surface area contributed by atoms with Crippen molar-refractivity contribution in [3.63, 3.8) is 0 Å². The van der Waals surface area contributed by atoms with Crippen molar-refractivity contribution >= 4 is 46.6 Å². The first-order valence-electron chi connectivity index (χ1n) is 9.90. The minimum Gasteiger partial charge on any atom is -0.493 e. The summed E-state index contributed by atoms with van der Waals surface area (Å²) >= 11 is 7.53. The number of amides is 2. The van der Waals surface area contributed by atoms with Gasteiger partial charge in [0.2, 0.25) is 5.91 Å². The molecule has 1 heterocycles. The summed E-state index contributed by atoms with van der Waals surface area (Å²) in [5.74, 6) is 1.08. The van der Waals surface area contributed by atoms with Crippen LogP contribution in [0.1, 0.15) is 10.9 Å². The van der Waals surface area contributed by atoms with Crippen molar-refractivity contribution in [2.45, 2.75) is 5.37 Å². The number of rotatable bonds is 7. The number of methoxy groups -OCH3 is 1. The number of para-hydroxylation sites is 1. The molecular weight excluding hydrogens is 448 g/mol. The fourth-order valence-corrected chi connectivity index (χ4v) is 4.66. The normalized spacial score (nSPS) is 15.5. The fourth-order valence-electron chi connectivity index (χ4n) is 3.37. The highest BCUT2D eigenvalue weighted by Gasteiger charge is 2.34. The molecule has 2 amide bonds. The van der Waals surface area contributed by atoms with E-state index in [-0.39, 0.29) is 23.8 Å². The Hall–Kier alpha value is -3.16. The highest BCUT2D eigenvalue weighted by molar-refractivity contribution is 8.00. The molecule has 4 rings (SSSR count). The van der Waals surface area contributed by atoms with Gasteiger partial charge in [-0.3, -0.25) is 14.5 Å². The molecule has 0 saturated carbocycles. The Morgan fingerprint density at radius 3 is 2.56 bits per heavy atom. The predicted octanol–water partition coefficient (Wildman–Crippen LogP) is 5.14. The monoisotopic (exact) mass is 468 g/mol. The van der Waals surface area contributed by atoms with Gasteiger partial charge in [0.05, 0.1) is 12.9 Å². The lowest BCUT2D eigenvalue weighted by Crippen LogP contribution is -2.27. The van der Waals surface area contributed by atoms with Gasteiger partial charge in [-0.2, -0.15) is 0 Å². The molecule has 1 aliphatic rings. The quantitative estimate of drug-likeness (QED) is 0.519. The number of carbonyl (C=O) groups is 2. The predicted molar refractivity (Wildman–Crippen MR) is 128 cm³/mol. The Bertz CT molecular complexity index is 1110. The van der Waals surface area contributed by atoms with E-state index in [9.17, 15) is 9.59 Å². The molecule has 6 nitrogen and oxygen atoms in total. The number of hydrogen-bond acceptors (Lipinski definition) is 5. The molecular formula is C24H21ClN2O4S. The van der Waals surface area contributed by atoms with Gasteiger partial charge in [-0.25, -0.2) is 0 Å². The van der Waals surface area contributed by atoms with E-state index in [4.69, 9.17) is 21.1 Å². The molecule has 1 aliphatic heterocycles. The highest BCUT2D eigenvalue weighted by atomic mass is 35.5. The van der Waals surface area contributed by atoms with E-state index in [1.54, 1.807) is 42.3 Å². The highest BCUT2D eigenvalue weighted by Crippen LogP contribution is 2.44. The van der Waals surface area contributed by atoms with Gasteiger partial charge in [-0.05, 0) is 54.1 Å². The van der Waals surface area contributed by atoms with Crippen LogP contribution in [0.3, 0.4) is 0 Å². The summed E-state index contributed by atoms with van der Waals surface area (Å²) in [6.45, 7) is -0.155. The third-order valence-electron chi connectivity index (χ3n) is 4.86. The molecule has 3 aromatic carbocycles. The zero-order valence-electron chi connectivity index (χ0n) is 17.3. The molecule has 0 bridgehead atoms. The number of carbonyl (C=O) groups excluding carboxylic acids is 2. The first kappa shape index (κ1) is 22.0. The first-order chi connectivity index (χ1) is 15.5. The minimum absolute atomic E-state index is 0.0270. The van der Waals surface area contributed by atoms with Gasteiger partial charge >= 0.3 is 0 Å². The molecule has 0 spiro atoms. The van der Waals surface area contributed by atoms with E-state index in [0.717, 1.165) is 11.3 Å². The third kappa shape index (κ3) is 5.00. The SMILES string of the molecule is COc1cc([C@H]2SCC(=O)N2c2ccc(Cl)cc2)ccc1OCC(=O)Nc1ccccc1. The number of nitrogens with zero attached hydrogens (tertiary/aromatic N) is 1. The van der Waals surface area contributed by atoms with E-state index in [0.29, 0.717) is 28.0 Å². The van der Waals surface area contributed by atoms with Crippen molar-refractivity contribution in [3.8, 4) is 11.5 Å². The molecule has 0 aromatic heterocycles. The molecule has 1 N–H and O–H groups in total. The molecule has 0 aliphatic carbocycles. The van der Waals surface area contributed by atoms with Crippen LogP contribution in [0.5, 0.6) is 11.5 Å². The lowest BCUT2D eigenvalue weighted by Gasteiger charge is -2.25. The number of ether oxygens (including phenoxy) is 2. The van der Waals surface area contributed by atoms with Crippen LogP contribution in [0, 0.1) is 0 Å². The summed E-state index contributed by atoms with van der Waals surface area (Å²) < 4.78 is 11.2. The molecule has 164 valence electrons. The molecule has 0 radical (unpaired) electrons. The summed E-state index contributed by atoms with van der Waals surface area (Å²) in [4.78, 5) is 26.5. The van der Waals surface area contributed by atoms with Crippen molar-refractivity contribution in [1.82, 2.24) is 0 Å². The van der Waals surface area contributed by atoms with Crippen LogP contribution >= 0.6 is 23.4 Å². The minimum atomic E-state index is -0.270. The first-order valence-corrected chi connectivity index (χ1v) is 11.3. The largest absolute Gasteiger partial charge is 0.493 e. The van der Waals surface area contributed by atoms with Crippen molar-refractivity contribution in [2.75, 3.05) is 29.7 Å². The number of anilines is 2. The van der Waals surface area contributed by atoms with E-state index in [2.05, 4.69) is 5.32 Å². The van der Waals surface area contributed by atoms with Crippen LogP contribution in [0.2, 0.25) is 5.02 Å². The number of thioether (sulfide) groups is 1. The number of hydrogen-bond donors (Lipinski definition) is 1. The Morgan fingerprint density at radius 1 is 1.09 bits per heavy atom. The maximum atomic E-state index is 12.6. The Kier molecular flexibility index (Phi) is 6.87. The van der Waals surface area contributed by atoms with Gasteiger partial charge in [0.15, 0.2) is 18.1 Å². The summed E-state index contributed by atoms with van der Waals surface area (Å²) in [7, 11) is 1.54. The maximum Gasteiger partial charge on any atom is 0.262 e. The van der Waals surface area contributed by atoms with Gasteiger partial charge in [-0.1, -0.05) is 35.9 Å². The number of halogens is 1. The van der Waals surface area contributed by atoms with Crippen LogP contribution < -0.4 is 19.7 Å². The maximum absolute atomic E-state index is 12.6. The second kappa shape index (κ2) is 9.97. The van der Waals surface area contributed by atoms with Gasteiger partial charge in [0.1, 0.15) is 5.37 Å². The van der Waals surface area contributed by atoms with Crippen LogP contribution in [-0.2, 0) is 9.59 Å². The molecule has 3 aromatic rings. The summed E-state index contributed by atoms with van der Waals surface area (Å²) in [6, 6.07) is 21.9. The average Bonchev–Trinajstić information content (AvgIpc) is 3.20. The van der Waals surface area contributed by atoms with Crippen molar-refractivity contribution in [1.29, 1.82) is 0 Å². The zero-order valence-corrected chi connectivity index (χ0v) is 18.9. The van der Waals surface area contributed by atoms with E-state index in [1.165, 1.54) is 11.8 Å². The van der Waals surface area contributed by atoms with Gasteiger partial charge in [0.25, 0.3) is 5.91 Å². The van der Waals surface area contributed by atoms with Crippen LogP contribution in [0.15, 0.2) is 72.8 Å². The molecule has 0 unspecified atom stereocenters. The van der Waals surface area contributed by atoms with E-state index >= 15 is 0 Å². The smallest absolute Gasteiger partial charge is 0.262 e. The average molecular weight is 469 g/mol. The summed E-state index contributed by atoms with van der Waals surface area (Å²) in [5.41, 5.74) is 2.38. The standard InChI is InChI=1S/C24H21ClN2O4S/c1-30-21-13-16(24-27(23(29)15-32-24)19-10-8-17(25)9-11-19)7-12-20(21)31-14-22(28)26-18-5-3-2-4-6-18/h2-13,24H,14-15H2,1H3,(H,26,28)/t24-/m1/s1. The topological polar surface area (TPSA) is 67.9 Å². The van der Waals surface area contributed by atoms with Crippen LogP contribution in [-0.4, -0.2) is 31.3 Å². The second-order valence-corrected chi connectivity index (χ2v) is 8.52. The Balaban J connectivity index is 1.48. The lowest BCUT2D eigenvalue weighted by atomic mass is 10.1. The number of nitrogens with one attached hydrogen (secondary N) is 1.